The lowest BCUT2D eigenvalue weighted by Crippen LogP contribution is -2.12. The van der Waals surface area contributed by atoms with E-state index in [0.29, 0.717) is 29.2 Å². The van der Waals surface area contributed by atoms with Crippen LogP contribution in [0.2, 0.25) is 0 Å². The number of unbranched alkanes of at least 4 members (excludes halogenated alkanes) is 2. The van der Waals surface area contributed by atoms with Gasteiger partial charge in [0.05, 0.1) is 17.6 Å². The minimum Gasteiger partial charge on any atom is -0.462 e. The molecule has 0 amide bonds. The Balaban J connectivity index is 2.16. The molecule has 0 saturated heterocycles. The van der Waals surface area contributed by atoms with E-state index >= 15 is 0 Å². The molecular weight excluding hydrogens is 340 g/mol. The van der Waals surface area contributed by atoms with E-state index in [2.05, 4.69) is 13.8 Å². The predicted molar refractivity (Wildman–Crippen MR) is 109 cm³/mol. The second-order valence-corrected chi connectivity index (χ2v) is 7.00. The third-order valence-corrected chi connectivity index (χ3v) is 4.84. The number of carbonyl (C=O) groups is 1. The molecular formula is C21H28N4O2. The van der Waals surface area contributed by atoms with Gasteiger partial charge in [0.25, 0.3) is 0 Å². The molecule has 2 N–H and O–H groups in total. The van der Waals surface area contributed by atoms with Crippen molar-refractivity contribution in [2.24, 2.45) is 0 Å². The fourth-order valence-corrected chi connectivity index (χ4v) is 3.42. The third-order valence-electron chi connectivity index (χ3n) is 4.84. The Bertz CT molecular complexity index is 948. The lowest BCUT2D eigenvalue weighted by Gasteiger charge is -2.16. The standard InChI is InChI=1S/C21H28N4O2/c1-4-6-7-10-14(3)25-19(22)17(21(26)27-13-5-2)18-20(25)24-16-12-9-8-11-15(16)23-18/h8-9,11-12,14H,4-7,10,13,22H2,1-3H3/t14-/m1/s1. The fraction of sp³-hybridized carbons (Fsp3) is 0.476. The van der Waals surface area contributed by atoms with E-state index < -0.39 is 5.97 Å². The van der Waals surface area contributed by atoms with E-state index in [1.165, 1.54) is 6.42 Å². The van der Waals surface area contributed by atoms with Gasteiger partial charge in [-0.25, -0.2) is 14.8 Å². The van der Waals surface area contributed by atoms with Crippen LogP contribution in [-0.2, 0) is 4.74 Å². The summed E-state index contributed by atoms with van der Waals surface area (Å²) in [4.78, 5) is 22.2. The average molecular weight is 368 g/mol. The van der Waals surface area contributed by atoms with E-state index in [1.54, 1.807) is 0 Å². The summed E-state index contributed by atoms with van der Waals surface area (Å²) in [6.45, 7) is 6.62. The molecule has 1 atom stereocenters. The zero-order valence-electron chi connectivity index (χ0n) is 16.4. The molecule has 3 aromatic rings. The van der Waals surface area contributed by atoms with Crippen molar-refractivity contribution in [1.82, 2.24) is 14.5 Å². The maximum absolute atomic E-state index is 12.7. The molecule has 3 rings (SSSR count). The van der Waals surface area contributed by atoms with Crippen molar-refractivity contribution >= 4 is 34.0 Å². The first kappa shape index (κ1) is 19.1. The van der Waals surface area contributed by atoms with Crippen molar-refractivity contribution in [2.45, 2.75) is 58.9 Å². The van der Waals surface area contributed by atoms with Crippen molar-refractivity contribution in [1.29, 1.82) is 0 Å². The van der Waals surface area contributed by atoms with Gasteiger partial charge in [-0.05, 0) is 31.9 Å². The van der Waals surface area contributed by atoms with Crippen molar-refractivity contribution in [2.75, 3.05) is 12.3 Å². The van der Waals surface area contributed by atoms with Gasteiger partial charge in [0, 0.05) is 6.04 Å². The van der Waals surface area contributed by atoms with Crippen molar-refractivity contribution < 1.29 is 9.53 Å². The molecule has 1 aromatic carbocycles. The first-order valence-electron chi connectivity index (χ1n) is 9.81. The molecule has 0 spiro atoms. The van der Waals surface area contributed by atoms with Gasteiger partial charge in [-0.15, -0.1) is 0 Å². The molecule has 6 nitrogen and oxygen atoms in total. The van der Waals surface area contributed by atoms with Gasteiger partial charge in [-0.1, -0.05) is 45.2 Å². The summed E-state index contributed by atoms with van der Waals surface area (Å²) in [6.07, 6.45) is 5.16. The molecule has 0 saturated carbocycles. The molecule has 0 radical (unpaired) electrons. The van der Waals surface area contributed by atoms with Gasteiger partial charge in [-0.2, -0.15) is 0 Å². The molecule has 0 aliphatic heterocycles. The monoisotopic (exact) mass is 368 g/mol. The number of carbonyl (C=O) groups excluding carboxylic acids is 1. The second-order valence-electron chi connectivity index (χ2n) is 7.00. The number of ether oxygens (including phenoxy) is 1. The van der Waals surface area contributed by atoms with Gasteiger partial charge in [0.2, 0.25) is 0 Å². The number of anilines is 1. The second kappa shape index (κ2) is 8.37. The molecule has 0 fully saturated rings. The van der Waals surface area contributed by atoms with Crippen molar-refractivity contribution in [3.05, 3.63) is 29.8 Å². The number of nitrogen functional groups attached to an aromatic ring is 1. The molecule has 0 aliphatic carbocycles. The summed E-state index contributed by atoms with van der Waals surface area (Å²) < 4.78 is 7.32. The highest BCUT2D eigenvalue weighted by molar-refractivity contribution is 6.08. The van der Waals surface area contributed by atoms with E-state index in [1.807, 2.05) is 35.8 Å². The van der Waals surface area contributed by atoms with Crippen LogP contribution in [0.4, 0.5) is 5.82 Å². The Morgan fingerprint density at radius 3 is 2.52 bits per heavy atom. The van der Waals surface area contributed by atoms with Crippen LogP contribution < -0.4 is 5.73 Å². The zero-order valence-corrected chi connectivity index (χ0v) is 16.4. The number of benzene rings is 1. The zero-order chi connectivity index (χ0) is 19.4. The Kier molecular flexibility index (Phi) is 5.94. The number of hydrogen-bond donors (Lipinski definition) is 1. The van der Waals surface area contributed by atoms with E-state index in [9.17, 15) is 4.79 Å². The normalized spacial score (nSPS) is 12.6. The van der Waals surface area contributed by atoms with Crippen molar-refractivity contribution in [3.63, 3.8) is 0 Å². The fourth-order valence-electron chi connectivity index (χ4n) is 3.42. The molecule has 0 bridgehead atoms. The van der Waals surface area contributed by atoms with Crippen LogP contribution in [0.25, 0.3) is 22.2 Å². The van der Waals surface area contributed by atoms with Gasteiger partial charge in [0.15, 0.2) is 5.65 Å². The maximum atomic E-state index is 12.7. The minimum atomic E-state index is -0.427. The molecule has 0 aliphatic rings. The number of para-hydroxylation sites is 2. The molecule has 144 valence electrons. The maximum Gasteiger partial charge on any atom is 0.344 e. The van der Waals surface area contributed by atoms with Crippen LogP contribution in [0.1, 0.15) is 69.3 Å². The number of esters is 1. The van der Waals surface area contributed by atoms with E-state index in [0.717, 1.165) is 36.7 Å². The Labute approximate surface area is 159 Å². The number of hydrogen-bond acceptors (Lipinski definition) is 5. The SMILES string of the molecule is CCCCC[C@@H](C)n1c(N)c(C(=O)OCCC)c2nc3ccccc3nc21. The van der Waals surface area contributed by atoms with E-state index in [-0.39, 0.29) is 6.04 Å². The lowest BCUT2D eigenvalue weighted by atomic mass is 10.1. The summed E-state index contributed by atoms with van der Waals surface area (Å²) >= 11 is 0. The summed E-state index contributed by atoms with van der Waals surface area (Å²) in [5.74, 6) is -0.0335. The van der Waals surface area contributed by atoms with Gasteiger partial charge in [0.1, 0.15) is 16.9 Å². The Hall–Kier alpha value is -2.63. The van der Waals surface area contributed by atoms with Gasteiger partial charge >= 0.3 is 5.97 Å². The Morgan fingerprint density at radius 2 is 1.85 bits per heavy atom. The topological polar surface area (TPSA) is 83.0 Å². The third kappa shape index (κ3) is 3.75. The van der Waals surface area contributed by atoms with Crippen molar-refractivity contribution in [3.8, 4) is 0 Å². The Morgan fingerprint density at radius 1 is 1.15 bits per heavy atom. The predicted octanol–water partition coefficient (Wildman–Crippen LogP) is 4.87. The molecule has 6 heteroatoms. The van der Waals surface area contributed by atoms with Crippen LogP contribution in [0.15, 0.2) is 24.3 Å². The minimum absolute atomic E-state index is 0.127. The van der Waals surface area contributed by atoms with Crippen LogP contribution in [-0.4, -0.2) is 27.1 Å². The van der Waals surface area contributed by atoms with Gasteiger partial charge in [-0.3, -0.25) is 0 Å². The van der Waals surface area contributed by atoms with Gasteiger partial charge < -0.3 is 15.0 Å². The summed E-state index contributed by atoms with van der Waals surface area (Å²) in [6, 6.07) is 7.78. The smallest absolute Gasteiger partial charge is 0.344 e. The first-order valence-corrected chi connectivity index (χ1v) is 9.81. The highest BCUT2D eigenvalue weighted by atomic mass is 16.5. The van der Waals surface area contributed by atoms with Crippen LogP contribution >= 0.6 is 0 Å². The lowest BCUT2D eigenvalue weighted by molar-refractivity contribution is 0.0508. The number of aromatic nitrogens is 3. The number of nitrogens with zero attached hydrogens (tertiary/aromatic N) is 3. The molecule has 0 unspecified atom stereocenters. The van der Waals surface area contributed by atoms with Crippen LogP contribution in [0, 0.1) is 0 Å². The quantitative estimate of drug-likeness (QED) is 0.453. The molecule has 2 heterocycles. The number of rotatable bonds is 8. The highest BCUT2D eigenvalue weighted by Gasteiger charge is 2.26. The first-order chi connectivity index (χ1) is 13.1. The summed E-state index contributed by atoms with van der Waals surface area (Å²) in [5, 5.41) is 0. The van der Waals surface area contributed by atoms with Crippen LogP contribution in [0.5, 0.6) is 0 Å². The molecule has 27 heavy (non-hydrogen) atoms. The summed E-state index contributed by atoms with van der Waals surface area (Å²) in [5.41, 5.74) is 9.48. The van der Waals surface area contributed by atoms with E-state index in [4.69, 9.17) is 20.4 Å². The highest BCUT2D eigenvalue weighted by Crippen LogP contribution is 2.33. The largest absolute Gasteiger partial charge is 0.462 e. The average Bonchev–Trinajstić information content (AvgIpc) is 2.95. The number of fused-ring (bicyclic) bond motifs is 2. The number of nitrogens with two attached hydrogens (primary N) is 1. The van der Waals surface area contributed by atoms with Crippen LogP contribution in [0.3, 0.4) is 0 Å². The molecule has 2 aromatic heterocycles. The summed E-state index contributed by atoms with van der Waals surface area (Å²) in [7, 11) is 0.